The third-order valence-electron chi connectivity index (χ3n) is 4.90. The Morgan fingerprint density at radius 3 is 2.22 bits per heavy atom. The molecule has 1 atom stereocenters. The van der Waals surface area contributed by atoms with Crippen molar-refractivity contribution in [3.05, 3.63) is 82.5 Å². The van der Waals surface area contributed by atoms with Crippen LogP contribution in [0.2, 0.25) is 0 Å². The lowest BCUT2D eigenvalue weighted by Crippen LogP contribution is -2.15. The SMILES string of the molecule is CC.CC.CCC(C)/C(=C\C(=NC)c1ccccc1F)c1ncc(NC(=O)c2c(F)cncc2F)s1. The number of carbonyl (C=O) groups excluding carboxylic acids is 1. The number of hydrogen-bond donors (Lipinski definition) is 1. The number of benzene rings is 1. The number of rotatable bonds is 7. The lowest BCUT2D eigenvalue weighted by atomic mass is 9.96. The number of halogens is 3. The Kier molecular flexibility index (Phi) is 13.3. The second-order valence-electron chi connectivity index (χ2n) is 6.96. The minimum atomic E-state index is -1.05. The minimum absolute atomic E-state index is 0.0586. The quantitative estimate of drug-likeness (QED) is 0.324. The van der Waals surface area contributed by atoms with E-state index in [9.17, 15) is 18.0 Å². The van der Waals surface area contributed by atoms with E-state index in [0.29, 0.717) is 21.3 Å². The van der Waals surface area contributed by atoms with Gasteiger partial charge in [-0.05, 0) is 36.1 Å². The van der Waals surface area contributed by atoms with Crippen molar-refractivity contribution in [2.24, 2.45) is 10.9 Å². The van der Waals surface area contributed by atoms with Gasteiger partial charge in [0.15, 0.2) is 11.6 Å². The molecule has 0 saturated heterocycles. The number of aliphatic imine (C=N–C) groups is 1. The molecule has 0 aliphatic carbocycles. The van der Waals surface area contributed by atoms with Gasteiger partial charge in [0, 0.05) is 12.6 Å². The van der Waals surface area contributed by atoms with Crippen molar-refractivity contribution in [1.29, 1.82) is 0 Å². The fourth-order valence-electron chi connectivity index (χ4n) is 2.98. The van der Waals surface area contributed by atoms with Crippen LogP contribution >= 0.6 is 11.3 Å². The summed E-state index contributed by atoms with van der Waals surface area (Å²) in [5.41, 5.74) is 0.917. The summed E-state index contributed by atoms with van der Waals surface area (Å²) in [7, 11) is 1.58. The monoisotopic (exact) mass is 518 g/mol. The van der Waals surface area contributed by atoms with E-state index >= 15 is 0 Å². The van der Waals surface area contributed by atoms with E-state index in [1.165, 1.54) is 12.3 Å². The van der Waals surface area contributed by atoms with Crippen LogP contribution in [0, 0.1) is 23.4 Å². The van der Waals surface area contributed by atoms with Gasteiger partial charge in [-0.15, -0.1) is 0 Å². The highest BCUT2D eigenvalue weighted by atomic mass is 32.1. The van der Waals surface area contributed by atoms with Crippen LogP contribution in [0.5, 0.6) is 0 Å². The predicted molar refractivity (Wildman–Crippen MR) is 143 cm³/mol. The summed E-state index contributed by atoms with van der Waals surface area (Å²) in [4.78, 5) is 24.3. The number of nitrogens with one attached hydrogen (secondary N) is 1. The van der Waals surface area contributed by atoms with Crippen molar-refractivity contribution >= 4 is 33.5 Å². The van der Waals surface area contributed by atoms with Gasteiger partial charge in [-0.2, -0.15) is 0 Å². The highest BCUT2D eigenvalue weighted by Crippen LogP contribution is 2.32. The molecule has 5 nitrogen and oxygen atoms in total. The molecule has 194 valence electrons. The van der Waals surface area contributed by atoms with Gasteiger partial charge in [-0.3, -0.25) is 14.8 Å². The van der Waals surface area contributed by atoms with Gasteiger partial charge in [0.05, 0.1) is 24.3 Å². The van der Waals surface area contributed by atoms with Crippen molar-refractivity contribution in [3.63, 3.8) is 0 Å². The van der Waals surface area contributed by atoms with E-state index in [1.54, 1.807) is 31.3 Å². The second-order valence-corrected chi connectivity index (χ2v) is 7.99. The number of amides is 1. The highest BCUT2D eigenvalue weighted by molar-refractivity contribution is 7.16. The second kappa shape index (κ2) is 15.6. The molecule has 36 heavy (non-hydrogen) atoms. The Balaban J connectivity index is 0.00000154. The summed E-state index contributed by atoms with van der Waals surface area (Å²) in [6, 6.07) is 6.35. The zero-order valence-electron chi connectivity index (χ0n) is 21.7. The minimum Gasteiger partial charge on any atom is -0.312 e. The van der Waals surface area contributed by atoms with Gasteiger partial charge >= 0.3 is 0 Å². The van der Waals surface area contributed by atoms with Crippen LogP contribution < -0.4 is 5.32 Å². The van der Waals surface area contributed by atoms with Crippen LogP contribution in [0.15, 0.2) is 53.9 Å². The molecule has 2 heterocycles. The topological polar surface area (TPSA) is 67.2 Å². The van der Waals surface area contributed by atoms with Gasteiger partial charge in [0.25, 0.3) is 5.91 Å². The molecule has 1 unspecified atom stereocenters. The lowest BCUT2D eigenvalue weighted by molar-refractivity contribution is 0.101. The molecule has 1 aromatic carbocycles. The van der Waals surface area contributed by atoms with E-state index in [-0.39, 0.29) is 11.7 Å². The van der Waals surface area contributed by atoms with E-state index in [4.69, 9.17) is 0 Å². The summed E-state index contributed by atoms with van der Waals surface area (Å²) in [6.07, 6.45) is 5.52. The number of hydrogen-bond acceptors (Lipinski definition) is 5. The summed E-state index contributed by atoms with van der Waals surface area (Å²) in [5.74, 6) is -3.37. The number of aromatic nitrogens is 2. The Morgan fingerprint density at radius 2 is 1.67 bits per heavy atom. The van der Waals surface area contributed by atoms with Gasteiger partial charge in [0.2, 0.25) is 0 Å². The van der Waals surface area contributed by atoms with E-state index in [0.717, 1.165) is 35.7 Å². The first-order valence-electron chi connectivity index (χ1n) is 11.9. The lowest BCUT2D eigenvalue weighted by Gasteiger charge is -2.13. The number of nitrogens with zero attached hydrogens (tertiary/aromatic N) is 3. The molecule has 2 aromatic heterocycles. The van der Waals surface area contributed by atoms with E-state index in [1.807, 2.05) is 41.5 Å². The molecule has 1 N–H and O–H groups in total. The molecule has 3 aromatic rings. The summed E-state index contributed by atoms with van der Waals surface area (Å²) < 4.78 is 42.0. The third-order valence-corrected chi connectivity index (χ3v) is 5.86. The number of pyridine rings is 1. The van der Waals surface area contributed by atoms with Crippen LogP contribution in [0.3, 0.4) is 0 Å². The van der Waals surface area contributed by atoms with Gasteiger partial charge in [-0.1, -0.05) is 65.0 Å². The Bertz CT molecular complexity index is 1170. The Hall–Kier alpha value is -3.33. The average molecular weight is 519 g/mol. The fourth-order valence-corrected chi connectivity index (χ4v) is 3.92. The van der Waals surface area contributed by atoms with Crippen LogP contribution in [-0.2, 0) is 0 Å². The van der Waals surface area contributed by atoms with Crippen molar-refractivity contribution in [2.45, 2.75) is 48.0 Å². The molecule has 0 aliphatic rings. The molecule has 0 radical (unpaired) electrons. The highest BCUT2D eigenvalue weighted by Gasteiger charge is 2.20. The number of allylic oxidation sites excluding steroid dienone is 2. The maximum absolute atomic E-state index is 14.3. The van der Waals surface area contributed by atoms with Crippen molar-refractivity contribution in [2.75, 3.05) is 12.4 Å². The average Bonchev–Trinajstić information content (AvgIpc) is 3.35. The van der Waals surface area contributed by atoms with Crippen molar-refractivity contribution < 1.29 is 18.0 Å². The molecule has 0 fully saturated rings. The number of carbonyl (C=O) groups is 1. The predicted octanol–water partition coefficient (Wildman–Crippen LogP) is 7.81. The first kappa shape index (κ1) is 30.7. The molecule has 0 bridgehead atoms. The molecule has 0 saturated carbocycles. The molecule has 9 heteroatoms. The molecular weight excluding hydrogens is 485 g/mol. The van der Waals surface area contributed by atoms with Crippen LogP contribution in [0.4, 0.5) is 18.2 Å². The van der Waals surface area contributed by atoms with E-state index in [2.05, 4.69) is 20.3 Å². The third kappa shape index (κ3) is 7.84. The van der Waals surface area contributed by atoms with Crippen LogP contribution in [-0.4, -0.2) is 28.6 Å². The normalized spacial score (nSPS) is 12.1. The first-order valence-corrected chi connectivity index (χ1v) is 12.7. The fraction of sp³-hybridized carbons (Fsp3) is 0.333. The Labute approximate surface area is 215 Å². The molecular formula is C27H33F3N4OS. The summed E-state index contributed by atoms with van der Waals surface area (Å²) in [5, 5.41) is 3.37. The zero-order valence-corrected chi connectivity index (χ0v) is 22.5. The van der Waals surface area contributed by atoms with Gasteiger partial charge in [-0.25, -0.2) is 18.2 Å². The number of anilines is 1. The first-order chi connectivity index (χ1) is 17.3. The van der Waals surface area contributed by atoms with E-state index < -0.39 is 23.1 Å². The van der Waals surface area contributed by atoms with Crippen molar-refractivity contribution in [1.82, 2.24) is 9.97 Å². The molecule has 3 rings (SSSR count). The van der Waals surface area contributed by atoms with Crippen molar-refractivity contribution in [3.8, 4) is 0 Å². The zero-order chi connectivity index (χ0) is 27.3. The summed E-state index contributed by atoms with van der Waals surface area (Å²) in [6.45, 7) is 12.0. The smallest absolute Gasteiger partial charge is 0.262 e. The van der Waals surface area contributed by atoms with Gasteiger partial charge < -0.3 is 5.32 Å². The Morgan fingerprint density at radius 1 is 1.06 bits per heavy atom. The van der Waals surface area contributed by atoms with Crippen LogP contribution in [0.25, 0.3) is 5.57 Å². The summed E-state index contributed by atoms with van der Waals surface area (Å²) >= 11 is 1.15. The number of thiazole rings is 1. The molecule has 0 aliphatic heterocycles. The largest absolute Gasteiger partial charge is 0.312 e. The maximum atomic E-state index is 14.3. The van der Waals surface area contributed by atoms with Gasteiger partial charge in [0.1, 0.15) is 21.4 Å². The van der Waals surface area contributed by atoms with Crippen LogP contribution in [0.1, 0.15) is 68.9 Å². The maximum Gasteiger partial charge on any atom is 0.262 e. The molecule has 0 spiro atoms. The molecule has 1 amide bonds. The standard InChI is InChI=1S/C23H21F3N4OS.2C2H6/c1-4-13(2)15(9-19(27-3)14-7-5-6-8-16(14)24)23-29-12-20(32-23)30-22(31)21-17(25)10-28-11-18(21)26;2*1-2/h5-13H,4H2,1-3H3,(H,30,31);2*1-2H3/b15-9+,27-19?;;.